The Morgan fingerprint density at radius 3 is 2.14 bits per heavy atom. The summed E-state index contributed by atoms with van der Waals surface area (Å²) in [5.41, 5.74) is 8.64. The van der Waals surface area contributed by atoms with Crippen LogP contribution in [-0.2, 0) is 6.54 Å². The van der Waals surface area contributed by atoms with Gasteiger partial charge in [0, 0.05) is 6.54 Å². The Morgan fingerprint density at radius 2 is 1.62 bits per heavy atom. The summed E-state index contributed by atoms with van der Waals surface area (Å²) in [4.78, 5) is 0. The summed E-state index contributed by atoms with van der Waals surface area (Å²) in [6, 6.07) is 11.9. The van der Waals surface area contributed by atoms with Crippen molar-refractivity contribution in [2.45, 2.75) is 19.8 Å². The highest BCUT2D eigenvalue weighted by atomic mass is 35.5. The lowest BCUT2D eigenvalue weighted by molar-refractivity contribution is -0.274. The predicted octanol–water partition coefficient (Wildman–Crippen LogP) is 4.44. The van der Waals surface area contributed by atoms with Crippen LogP contribution in [-0.4, -0.2) is 6.36 Å². The van der Waals surface area contributed by atoms with Crippen molar-refractivity contribution in [2.75, 3.05) is 0 Å². The van der Waals surface area contributed by atoms with Crippen molar-refractivity contribution in [3.8, 4) is 16.9 Å². The second-order valence-corrected chi connectivity index (χ2v) is 4.48. The van der Waals surface area contributed by atoms with E-state index in [4.69, 9.17) is 5.73 Å². The topological polar surface area (TPSA) is 35.2 Å². The zero-order valence-electron chi connectivity index (χ0n) is 11.3. The van der Waals surface area contributed by atoms with Gasteiger partial charge in [-0.2, -0.15) is 0 Å². The van der Waals surface area contributed by atoms with Crippen molar-refractivity contribution in [1.29, 1.82) is 0 Å². The fourth-order valence-electron chi connectivity index (χ4n) is 1.88. The molecule has 2 nitrogen and oxygen atoms in total. The van der Waals surface area contributed by atoms with Crippen molar-refractivity contribution >= 4 is 12.4 Å². The molecule has 2 aromatic carbocycles. The van der Waals surface area contributed by atoms with E-state index < -0.39 is 6.36 Å². The van der Waals surface area contributed by atoms with Crippen LogP contribution in [0, 0.1) is 6.92 Å². The first-order valence-corrected chi connectivity index (χ1v) is 6.04. The fraction of sp³-hybridized carbons (Fsp3) is 0.200. The average molecular weight is 318 g/mol. The van der Waals surface area contributed by atoms with Crippen molar-refractivity contribution < 1.29 is 17.9 Å². The van der Waals surface area contributed by atoms with E-state index in [1.807, 2.05) is 31.2 Å². The van der Waals surface area contributed by atoms with Gasteiger partial charge in [0.15, 0.2) is 0 Å². The van der Waals surface area contributed by atoms with Gasteiger partial charge in [-0.3, -0.25) is 0 Å². The Morgan fingerprint density at radius 1 is 1.00 bits per heavy atom. The van der Waals surface area contributed by atoms with E-state index in [1.165, 1.54) is 12.1 Å². The molecule has 0 heterocycles. The molecule has 0 aliphatic heterocycles. The van der Waals surface area contributed by atoms with Crippen LogP contribution in [0.1, 0.15) is 11.1 Å². The number of alkyl halides is 3. The maximum absolute atomic E-state index is 12.3. The molecule has 0 aliphatic carbocycles. The highest BCUT2D eigenvalue weighted by molar-refractivity contribution is 5.85. The van der Waals surface area contributed by atoms with E-state index in [9.17, 15) is 13.2 Å². The molecule has 0 saturated carbocycles. The average Bonchev–Trinajstić information content (AvgIpc) is 2.37. The van der Waals surface area contributed by atoms with Gasteiger partial charge in [-0.1, -0.05) is 29.8 Å². The molecule has 0 saturated heterocycles. The van der Waals surface area contributed by atoms with Crippen molar-refractivity contribution in [2.24, 2.45) is 5.73 Å². The van der Waals surface area contributed by atoms with Crippen LogP contribution in [0.25, 0.3) is 11.1 Å². The number of ether oxygens (including phenoxy) is 1. The monoisotopic (exact) mass is 317 g/mol. The van der Waals surface area contributed by atoms with Gasteiger partial charge in [-0.15, -0.1) is 25.6 Å². The molecule has 0 aromatic heterocycles. The molecule has 0 amide bonds. The largest absolute Gasteiger partial charge is 0.573 e. The highest BCUT2D eigenvalue weighted by Crippen LogP contribution is 2.29. The zero-order valence-corrected chi connectivity index (χ0v) is 12.1. The summed E-state index contributed by atoms with van der Waals surface area (Å²) < 4.78 is 40.9. The van der Waals surface area contributed by atoms with Gasteiger partial charge in [-0.05, 0) is 41.8 Å². The minimum Gasteiger partial charge on any atom is -0.406 e. The number of benzene rings is 2. The Balaban J connectivity index is 0.00000220. The third kappa shape index (κ3) is 4.95. The molecule has 6 heteroatoms. The van der Waals surface area contributed by atoms with E-state index in [1.54, 1.807) is 6.07 Å². The second-order valence-electron chi connectivity index (χ2n) is 4.48. The molecular weight excluding hydrogens is 303 g/mol. The molecule has 0 radical (unpaired) electrons. The van der Waals surface area contributed by atoms with Gasteiger partial charge < -0.3 is 10.5 Å². The van der Waals surface area contributed by atoms with Gasteiger partial charge in [0.25, 0.3) is 0 Å². The number of hydrogen-bond donors (Lipinski definition) is 1. The van der Waals surface area contributed by atoms with E-state index in [2.05, 4.69) is 4.74 Å². The first kappa shape index (κ1) is 17.3. The first-order chi connectivity index (χ1) is 9.37. The Hall–Kier alpha value is -1.72. The number of rotatable bonds is 3. The molecule has 21 heavy (non-hydrogen) atoms. The molecule has 0 bridgehead atoms. The van der Waals surface area contributed by atoms with Crippen LogP contribution in [0.3, 0.4) is 0 Å². The molecule has 0 atom stereocenters. The molecular formula is C15H15ClF3NO. The molecule has 2 N–H and O–H groups in total. The predicted molar refractivity (Wildman–Crippen MR) is 78.4 cm³/mol. The van der Waals surface area contributed by atoms with Crippen LogP contribution >= 0.6 is 12.4 Å². The maximum Gasteiger partial charge on any atom is 0.573 e. The quantitative estimate of drug-likeness (QED) is 0.908. The number of halogens is 4. The van der Waals surface area contributed by atoms with E-state index in [-0.39, 0.29) is 24.7 Å². The summed E-state index contributed by atoms with van der Waals surface area (Å²) in [7, 11) is 0. The molecule has 114 valence electrons. The molecule has 0 fully saturated rings. The lowest BCUT2D eigenvalue weighted by Gasteiger charge is -2.12. The summed E-state index contributed by atoms with van der Waals surface area (Å²) in [5, 5.41) is 0. The standard InChI is InChI=1S/C15H14F3NO.ClH/c1-10-2-4-12(5-3-10)13-6-11(9-19)7-14(8-13)20-15(16,17)18;/h2-8H,9,19H2,1H3;1H. The van der Waals surface area contributed by atoms with E-state index in [0.717, 1.165) is 11.1 Å². The van der Waals surface area contributed by atoms with Gasteiger partial charge in [0.1, 0.15) is 5.75 Å². The van der Waals surface area contributed by atoms with E-state index in [0.29, 0.717) is 11.1 Å². The Bertz CT molecular complexity index is 597. The summed E-state index contributed by atoms with van der Waals surface area (Å²) in [5.74, 6) is -0.254. The number of aryl methyl sites for hydroxylation is 1. The third-order valence-corrected chi connectivity index (χ3v) is 2.82. The second kappa shape index (κ2) is 6.83. The number of hydrogen-bond acceptors (Lipinski definition) is 2. The third-order valence-electron chi connectivity index (χ3n) is 2.82. The summed E-state index contributed by atoms with van der Waals surface area (Å²) in [6.45, 7) is 2.09. The van der Waals surface area contributed by atoms with Crippen LogP contribution in [0.15, 0.2) is 42.5 Å². The Kier molecular flexibility index (Phi) is 5.63. The maximum atomic E-state index is 12.3. The van der Waals surface area contributed by atoms with Crippen molar-refractivity contribution in [3.05, 3.63) is 53.6 Å². The minimum atomic E-state index is -4.71. The van der Waals surface area contributed by atoms with Crippen LogP contribution in [0.4, 0.5) is 13.2 Å². The number of nitrogens with two attached hydrogens (primary N) is 1. The summed E-state index contributed by atoms with van der Waals surface area (Å²) >= 11 is 0. The Labute approximate surface area is 127 Å². The van der Waals surface area contributed by atoms with Crippen molar-refractivity contribution in [3.63, 3.8) is 0 Å². The molecule has 2 aromatic rings. The minimum absolute atomic E-state index is 0. The molecule has 2 rings (SSSR count). The van der Waals surface area contributed by atoms with Crippen molar-refractivity contribution in [1.82, 2.24) is 0 Å². The zero-order chi connectivity index (χ0) is 14.8. The van der Waals surface area contributed by atoms with Gasteiger partial charge in [0.2, 0.25) is 0 Å². The molecule has 0 unspecified atom stereocenters. The summed E-state index contributed by atoms with van der Waals surface area (Å²) in [6.07, 6.45) is -4.71. The smallest absolute Gasteiger partial charge is 0.406 e. The van der Waals surface area contributed by atoms with Crippen LogP contribution < -0.4 is 10.5 Å². The molecule has 0 aliphatic rings. The SMILES string of the molecule is Cc1ccc(-c2cc(CN)cc(OC(F)(F)F)c2)cc1.Cl. The van der Waals surface area contributed by atoms with Crippen LogP contribution in [0.5, 0.6) is 5.75 Å². The van der Waals surface area contributed by atoms with Crippen LogP contribution in [0.2, 0.25) is 0 Å². The van der Waals surface area contributed by atoms with Gasteiger partial charge in [-0.25, -0.2) is 0 Å². The lowest BCUT2D eigenvalue weighted by Crippen LogP contribution is -2.17. The lowest BCUT2D eigenvalue weighted by atomic mass is 10.0. The fourth-order valence-corrected chi connectivity index (χ4v) is 1.88. The van der Waals surface area contributed by atoms with Gasteiger partial charge >= 0.3 is 6.36 Å². The molecule has 0 spiro atoms. The first-order valence-electron chi connectivity index (χ1n) is 6.04. The van der Waals surface area contributed by atoms with E-state index >= 15 is 0 Å². The van der Waals surface area contributed by atoms with Gasteiger partial charge in [0.05, 0.1) is 0 Å². The highest BCUT2D eigenvalue weighted by Gasteiger charge is 2.31. The normalized spacial score (nSPS) is 10.9.